The number of nitrogens with zero attached hydrogens (tertiary/aromatic N) is 1. The van der Waals surface area contributed by atoms with Gasteiger partial charge < -0.3 is 0 Å². The summed E-state index contributed by atoms with van der Waals surface area (Å²) in [6.07, 6.45) is 2.62. The third-order valence-corrected chi connectivity index (χ3v) is 4.03. The predicted octanol–water partition coefficient (Wildman–Crippen LogP) is 4.36. The fraction of sp³-hybridized carbons (Fsp3) is 0.538. The third kappa shape index (κ3) is 1.57. The van der Waals surface area contributed by atoms with E-state index in [4.69, 9.17) is 11.6 Å². The van der Waals surface area contributed by atoms with Gasteiger partial charge in [0.25, 0.3) is 0 Å². The van der Waals surface area contributed by atoms with Crippen molar-refractivity contribution < 1.29 is 0 Å². The normalized spacial score (nSPS) is 27.0. The Morgan fingerprint density at radius 2 is 1.81 bits per heavy atom. The lowest BCUT2D eigenvalue weighted by Gasteiger charge is -2.26. The second kappa shape index (κ2) is 4.21. The molecule has 2 aliphatic rings. The van der Waals surface area contributed by atoms with Crippen LogP contribution in [0.25, 0.3) is 0 Å². The van der Waals surface area contributed by atoms with Crippen LogP contribution in [0.4, 0.5) is 0 Å². The highest BCUT2D eigenvalue weighted by Gasteiger charge is 2.44. The summed E-state index contributed by atoms with van der Waals surface area (Å²) in [6, 6.07) is 8.33. The molecule has 0 spiro atoms. The Kier molecular flexibility index (Phi) is 3.22. The van der Waals surface area contributed by atoms with Crippen LogP contribution in [0.15, 0.2) is 18.2 Å². The van der Waals surface area contributed by atoms with E-state index in [9.17, 15) is 0 Å². The summed E-state index contributed by atoms with van der Waals surface area (Å²) in [6.45, 7) is 4.58. The summed E-state index contributed by atoms with van der Waals surface area (Å²) in [5.74, 6) is 0. The fourth-order valence-electron chi connectivity index (χ4n) is 3.32. The maximum atomic E-state index is 6.07. The molecule has 3 rings (SSSR count). The zero-order valence-corrected chi connectivity index (χ0v) is 11.2. The molecule has 0 saturated carbocycles. The van der Waals surface area contributed by atoms with Crippen molar-refractivity contribution in [3.63, 3.8) is 0 Å². The minimum atomic E-state index is 0. The first-order valence-electron chi connectivity index (χ1n) is 5.75. The zero-order chi connectivity index (χ0) is 10.6. The van der Waals surface area contributed by atoms with E-state index in [-0.39, 0.29) is 12.4 Å². The molecule has 0 aromatic heterocycles. The van der Waals surface area contributed by atoms with Crippen LogP contribution in [0, 0.1) is 0 Å². The van der Waals surface area contributed by atoms with Gasteiger partial charge in [-0.2, -0.15) is 0 Å². The molecule has 1 aromatic rings. The molecule has 0 amide bonds. The van der Waals surface area contributed by atoms with E-state index in [1.165, 1.54) is 24.0 Å². The second-order valence-corrected chi connectivity index (χ2v) is 5.36. The Morgan fingerprint density at radius 1 is 1.19 bits per heavy atom. The van der Waals surface area contributed by atoms with Crippen molar-refractivity contribution in [3.8, 4) is 0 Å². The van der Waals surface area contributed by atoms with Crippen LogP contribution in [0.1, 0.15) is 49.9 Å². The highest BCUT2D eigenvalue weighted by molar-refractivity contribution is 6.30. The largest absolute Gasteiger partial charge is 0.287 e. The fourth-order valence-corrected chi connectivity index (χ4v) is 3.50. The minimum absolute atomic E-state index is 0. The quantitative estimate of drug-likeness (QED) is 0.723. The van der Waals surface area contributed by atoms with Crippen LogP contribution in [0.3, 0.4) is 0 Å². The van der Waals surface area contributed by atoms with E-state index < -0.39 is 0 Å². The van der Waals surface area contributed by atoms with E-state index in [2.05, 4.69) is 30.9 Å². The predicted molar refractivity (Wildman–Crippen MR) is 70.4 cm³/mol. The van der Waals surface area contributed by atoms with Gasteiger partial charge in [-0.15, -0.1) is 12.4 Å². The van der Waals surface area contributed by atoms with Gasteiger partial charge in [-0.1, -0.05) is 17.7 Å². The van der Waals surface area contributed by atoms with Gasteiger partial charge in [-0.25, -0.2) is 0 Å². The van der Waals surface area contributed by atoms with E-state index in [1.807, 2.05) is 6.07 Å². The maximum Gasteiger partial charge on any atom is 0.0409 e. The summed E-state index contributed by atoms with van der Waals surface area (Å²) in [5.41, 5.74) is 3.00. The van der Waals surface area contributed by atoms with Crippen molar-refractivity contribution in [2.45, 2.75) is 44.8 Å². The lowest BCUT2D eigenvalue weighted by molar-refractivity contribution is 0.174. The molecule has 2 bridgehead atoms. The van der Waals surface area contributed by atoms with Crippen LogP contribution < -0.4 is 0 Å². The van der Waals surface area contributed by atoms with Gasteiger partial charge in [0.1, 0.15) is 0 Å². The highest BCUT2D eigenvalue weighted by atomic mass is 35.5. The number of halogens is 2. The van der Waals surface area contributed by atoms with Crippen molar-refractivity contribution in [1.29, 1.82) is 0 Å². The van der Waals surface area contributed by atoms with Crippen molar-refractivity contribution in [1.82, 2.24) is 4.90 Å². The van der Waals surface area contributed by atoms with Gasteiger partial charge in [-0.05, 0) is 49.9 Å². The summed E-state index contributed by atoms with van der Waals surface area (Å²) in [4.78, 5) is 2.64. The molecule has 2 atom stereocenters. The molecule has 2 heterocycles. The molecule has 88 valence electrons. The van der Waals surface area contributed by atoms with Crippen molar-refractivity contribution >= 4 is 24.0 Å². The van der Waals surface area contributed by atoms with E-state index in [0.29, 0.717) is 18.1 Å². The van der Waals surface area contributed by atoms with Crippen LogP contribution >= 0.6 is 24.0 Å². The smallest absolute Gasteiger partial charge is 0.0409 e. The van der Waals surface area contributed by atoms with Gasteiger partial charge in [0.15, 0.2) is 0 Å². The monoisotopic (exact) mass is 257 g/mol. The molecule has 2 aliphatic heterocycles. The average molecular weight is 258 g/mol. The number of hydrogen-bond acceptors (Lipinski definition) is 1. The Labute approximate surface area is 108 Å². The minimum Gasteiger partial charge on any atom is -0.287 e. The standard InChI is InChI=1S/C13H16ClN.ClH/c1-8(2)15-12-5-6-13(15)11-7-9(14)3-4-10(11)12;/h3-4,7-8,12-13H,5-6H2,1-2H3;1H. The third-order valence-electron chi connectivity index (χ3n) is 3.80. The van der Waals surface area contributed by atoms with Gasteiger partial charge in [0.2, 0.25) is 0 Å². The SMILES string of the molecule is CC(C)N1C2CCC1c1cc(Cl)ccc12.Cl. The highest BCUT2D eigenvalue weighted by Crippen LogP contribution is 2.54. The molecule has 0 N–H and O–H groups in total. The van der Waals surface area contributed by atoms with Crippen molar-refractivity contribution in [2.75, 3.05) is 0 Å². The van der Waals surface area contributed by atoms with E-state index in [1.54, 1.807) is 0 Å². The topological polar surface area (TPSA) is 3.24 Å². The van der Waals surface area contributed by atoms with Gasteiger partial charge >= 0.3 is 0 Å². The number of benzene rings is 1. The average Bonchev–Trinajstić information content (AvgIpc) is 2.72. The molecule has 2 unspecified atom stereocenters. The molecular weight excluding hydrogens is 241 g/mol. The van der Waals surface area contributed by atoms with Crippen LogP contribution in [-0.2, 0) is 0 Å². The van der Waals surface area contributed by atoms with Gasteiger partial charge in [0.05, 0.1) is 0 Å². The zero-order valence-electron chi connectivity index (χ0n) is 9.61. The molecule has 16 heavy (non-hydrogen) atoms. The summed E-state index contributed by atoms with van der Waals surface area (Å²) in [7, 11) is 0. The Bertz CT molecular complexity index is 403. The van der Waals surface area contributed by atoms with Crippen LogP contribution in [0.5, 0.6) is 0 Å². The number of hydrogen-bond donors (Lipinski definition) is 0. The molecule has 0 aliphatic carbocycles. The van der Waals surface area contributed by atoms with E-state index >= 15 is 0 Å². The molecule has 3 heteroatoms. The first kappa shape index (κ1) is 12.2. The molecule has 1 fully saturated rings. The second-order valence-electron chi connectivity index (χ2n) is 4.92. The Hall–Kier alpha value is -0.240. The van der Waals surface area contributed by atoms with E-state index in [0.717, 1.165) is 5.02 Å². The first-order chi connectivity index (χ1) is 7.18. The molecule has 1 aromatic carbocycles. The lowest BCUT2D eigenvalue weighted by Crippen LogP contribution is -2.27. The summed E-state index contributed by atoms with van der Waals surface area (Å²) in [5, 5.41) is 0.880. The number of rotatable bonds is 1. The molecular formula is C13H17Cl2N. The maximum absolute atomic E-state index is 6.07. The van der Waals surface area contributed by atoms with Crippen molar-refractivity contribution in [2.24, 2.45) is 0 Å². The summed E-state index contributed by atoms with van der Waals surface area (Å²) < 4.78 is 0. The molecule has 1 saturated heterocycles. The lowest BCUT2D eigenvalue weighted by atomic mass is 9.92. The van der Waals surface area contributed by atoms with Crippen molar-refractivity contribution in [3.05, 3.63) is 34.3 Å². The molecule has 1 nitrogen and oxygen atoms in total. The van der Waals surface area contributed by atoms with Gasteiger partial charge in [-0.3, -0.25) is 4.90 Å². The number of fused-ring (bicyclic) bond motifs is 5. The Balaban J connectivity index is 0.000000963. The summed E-state index contributed by atoms with van der Waals surface area (Å²) >= 11 is 6.07. The molecule has 0 radical (unpaired) electrons. The van der Waals surface area contributed by atoms with Crippen LogP contribution in [-0.4, -0.2) is 10.9 Å². The Morgan fingerprint density at radius 3 is 2.44 bits per heavy atom. The first-order valence-corrected chi connectivity index (χ1v) is 6.13. The van der Waals surface area contributed by atoms with Crippen LogP contribution in [0.2, 0.25) is 5.02 Å². The van der Waals surface area contributed by atoms with Gasteiger partial charge in [0, 0.05) is 23.1 Å².